The number of carboxylic acid groups (broad SMARTS) is 1. The zero-order chi connectivity index (χ0) is 14.5. The SMILES string of the molecule is O=C(O)C(COc1ccccc1Cl)c1ccccc1O. The first kappa shape index (κ1) is 14.2. The molecule has 0 aromatic heterocycles. The third-order valence-electron chi connectivity index (χ3n) is 2.85. The van der Waals surface area contributed by atoms with Crippen molar-refractivity contribution in [2.75, 3.05) is 6.61 Å². The largest absolute Gasteiger partial charge is 0.508 e. The topological polar surface area (TPSA) is 66.8 Å². The minimum Gasteiger partial charge on any atom is -0.508 e. The van der Waals surface area contributed by atoms with Crippen molar-refractivity contribution in [3.05, 3.63) is 59.1 Å². The quantitative estimate of drug-likeness (QED) is 0.887. The molecule has 0 aliphatic rings. The van der Waals surface area contributed by atoms with Crippen LogP contribution in [0.1, 0.15) is 11.5 Å². The summed E-state index contributed by atoms with van der Waals surface area (Å²) in [6.07, 6.45) is 0. The Morgan fingerprint density at radius 3 is 2.45 bits per heavy atom. The highest BCUT2D eigenvalue weighted by Crippen LogP contribution is 2.28. The average Bonchev–Trinajstić information content (AvgIpc) is 2.42. The number of halogens is 1. The molecule has 0 bridgehead atoms. The van der Waals surface area contributed by atoms with Gasteiger partial charge in [0.15, 0.2) is 0 Å². The fourth-order valence-electron chi connectivity index (χ4n) is 1.81. The van der Waals surface area contributed by atoms with Crippen LogP contribution >= 0.6 is 11.6 Å². The molecule has 1 atom stereocenters. The normalized spacial score (nSPS) is 11.8. The smallest absolute Gasteiger partial charge is 0.314 e. The molecule has 0 fully saturated rings. The third kappa shape index (κ3) is 3.22. The number of aromatic hydroxyl groups is 1. The molecular weight excluding hydrogens is 280 g/mol. The van der Waals surface area contributed by atoms with Crippen LogP contribution in [0.3, 0.4) is 0 Å². The van der Waals surface area contributed by atoms with Crippen LogP contribution in [0.4, 0.5) is 0 Å². The number of hydrogen-bond acceptors (Lipinski definition) is 3. The van der Waals surface area contributed by atoms with Crippen molar-refractivity contribution < 1.29 is 19.7 Å². The molecule has 2 aromatic carbocycles. The first-order valence-corrected chi connectivity index (χ1v) is 6.35. The van der Waals surface area contributed by atoms with Crippen LogP contribution in [0.2, 0.25) is 5.02 Å². The summed E-state index contributed by atoms with van der Waals surface area (Å²) < 4.78 is 5.45. The molecule has 2 N–H and O–H groups in total. The van der Waals surface area contributed by atoms with Gasteiger partial charge in [0.1, 0.15) is 24.0 Å². The third-order valence-corrected chi connectivity index (χ3v) is 3.16. The molecule has 0 saturated heterocycles. The summed E-state index contributed by atoms with van der Waals surface area (Å²) in [6.45, 7) is -0.114. The van der Waals surface area contributed by atoms with Crippen LogP contribution in [-0.4, -0.2) is 22.8 Å². The fraction of sp³-hybridized carbons (Fsp3) is 0.133. The Kier molecular flexibility index (Phi) is 4.48. The van der Waals surface area contributed by atoms with Gasteiger partial charge in [-0.1, -0.05) is 41.9 Å². The van der Waals surface area contributed by atoms with Crippen LogP contribution in [0.15, 0.2) is 48.5 Å². The standard InChI is InChI=1S/C15H13ClO4/c16-12-6-2-4-8-14(12)20-9-11(15(18)19)10-5-1-3-7-13(10)17/h1-8,11,17H,9H2,(H,18,19). The number of para-hydroxylation sites is 2. The number of hydrogen-bond donors (Lipinski definition) is 2. The van der Waals surface area contributed by atoms with Crippen LogP contribution < -0.4 is 4.74 Å². The summed E-state index contributed by atoms with van der Waals surface area (Å²) in [5.74, 6) is -1.69. The average molecular weight is 293 g/mol. The second kappa shape index (κ2) is 6.30. The molecule has 0 spiro atoms. The van der Waals surface area contributed by atoms with E-state index in [1.165, 1.54) is 6.07 Å². The number of phenols is 1. The molecule has 0 aliphatic carbocycles. The predicted molar refractivity (Wildman–Crippen MR) is 75.4 cm³/mol. The Labute approximate surface area is 121 Å². The van der Waals surface area contributed by atoms with E-state index in [1.807, 2.05) is 0 Å². The number of rotatable bonds is 5. The first-order valence-electron chi connectivity index (χ1n) is 5.97. The Morgan fingerprint density at radius 2 is 1.80 bits per heavy atom. The minimum absolute atomic E-state index is 0.0670. The highest BCUT2D eigenvalue weighted by atomic mass is 35.5. The molecule has 0 aliphatic heterocycles. The van der Waals surface area contributed by atoms with Gasteiger partial charge in [0, 0.05) is 5.56 Å². The lowest BCUT2D eigenvalue weighted by Gasteiger charge is -2.15. The van der Waals surface area contributed by atoms with E-state index in [1.54, 1.807) is 42.5 Å². The van der Waals surface area contributed by atoms with Gasteiger partial charge in [-0.3, -0.25) is 4.79 Å². The number of carbonyl (C=O) groups is 1. The van der Waals surface area contributed by atoms with Crippen molar-refractivity contribution in [1.29, 1.82) is 0 Å². The van der Waals surface area contributed by atoms with Crippen LogP contribution in [0.5, 0.6) is 11.5 Å². The number of ether oxygens (including phenoxy) is 1. The van der Waals surface area contributed by atoms with Crippen molar-refractivity contribution >= 4 is 17.6 Å². The van der Waals surface area contributed by atoms with Gasteiger partial charge >= 0.3 is 5.97 Å². The van der Waals surface area contributed by atoms with Gasteiger partial charge in [-0.05, 0) is 18.2 Å². The van der Waals surface area contributed by atoms with E-state index in [0.717, 1.165) is 0 Å². The van der Waals surface area contributed by atoms with E-state index >= 15 is 0 Å². The van der Waals surface area contributed by atoms with Gasteiger partial charge in [0.25, 0.3) is 0 Å². The summed E-state index contributed by atoms with van der Waals surface area (Å²) in [5.41, 5.74) is 0.312. The summed E-state index contributed by atoms with van der Waals surface area (Å²) in [7, 11) is 0. The van der Waals surface area contributed by atoms with Crippen molar-refractivity contribution in [2.45, 2.75) is 5.92 Å². The van der Waals surface area contributed by atoms with Gasteiger partial charge in [0.05, 0.1) is 5.02 Å². The van der Waals surface area contributed by atoms with Gasteiger partial charge in [0.2, 0.25) is 0 Å². The Balaban J connectivity index is 2.18. The molecular formula is C15H13ClO4. The zero-order valence-electron chi connectivity index (χ0n) is 10.5. The zero-order valence-corrected chi connectivity index (χ0v) is 11.2. The van der Waals surface area contributed by atoms with E-state index in [9.17, 15) is 15.0 Å². The maximum absolute atomic E-state index is 11.3. The van der Waals surface area contributed by atoms with Crippen LogP contribution in [0.25, 0.3) is 0 Å². The Hall–Kier alpha value is -2.20. The molecule has 0 saturated carbocycles. The molecule has 5 heteroatoms. The highest BCUT2D eigenvalue weighted by molar-refractivity contribution is 6.32. The van der Waals surface area contributed by atoms with Crippen LogP contribution in [-0.2, 0) is 4.79 Å². The lowest BCUT2D eigenvalue weighted by atomic mass is 9.99. The number of phenolic OH excluding ortho intramolecular Hbond substituents is 1. The van der Waals surface area contributed by atoms with Crippen molar-refractivity contribution in [3.63, 3.8) is 0 Å². The second-order valence-electron chi connectivity index (χ2n) is 4.19. The van der Waals surface area contributed by atoms with E-state index in [2.05, 4.69) is 0 Å². The van der Waals surface area contributed by atoms with Gasteiger partial charge in [-0.25, -0.2) is 0 Å². The summed E-state index contributed by atoms with van der Waals surface area (Å²) in [5, 5.41) is 19.4. The lowest BCUT2D eigenvalue weighted by molar-refractivity contribution is -0.139. The molecule has 1 unspecified atom stereocenters. The lowest BCUT2D eigenvalue weighted by Crippen LogP contribution is -2.19. The molecule has 20 heavy (non-hydrogen) atoms. The Bertz CT molecular complexity index is 612. The molecule has 2 rings (SSSR count). The van der Waals surface area contributed by atoms with E-state index in [0.29, 0.717) is 16.3 Å². The van der Waals surface area contributed by atoms with Crippen molar-refractivity contribution in [1.82, 2.24) is 0 Å². The molecule has 2 aromatic rings. The molecule has 104 valence electrons. The van der Waals surface area contributed by atoms with E-state index < -0.39 is 11.9 Å². The van der Waals surface area contributed by atoms with Crippen molar-refractivity contribution in [3.8, 4) is 11.5 Å². The highest BCUT2D eigenvalue weighted by Gasteiger charge is 2.23. The van der Waals surface area contributed by atoms with E-state index in [-0.39, 0.29) is 12.4 Å². The number of benzene rings is 2. The number of carboxylic acids is 1. The second-order valence-corrected chi connectivity index (χ2v) is 4.60. The first-order chi connectivity index (χ1) is 9.59. The minimum atomic E-state index is -1.07. The maximum Gasteiger partial charge on any atom is 0.314 e. The molecule has 4 nitrogen and oxygen atoms in total. The number of aliphatic carboxylic acids is 1. The summed E-state index contributed by atoms with van der Waals surface area (Å²) in [6, 6.07) is 13.1. The van der Waals surface area contributed by atoms with Gasteiger partial charge < -0.3 is 14.9 Å². The van der Waals surface area contributed by atoms with Crippen molar-refractivity contribution in [2.24, 2.45) is 0 Å². The van der Waals surface area contributed by atoms with E-state index in [4.69, 9.17) is 16.3 Å². The monoisotopic (exact) mass is 292 g/mol. The molecule has 0 radical (unpaired) electrons. The molecule has 0 heterocycles. The summed E-state index contributed by atoms with van der Waals surface area (Å²) >= 11 is 5.94. The van der Waals surface area contributed by atoms with Gasteiger partial charge in [-0.2, -0.15) is 0 Å². The van der Waals surface area contributed by atoms with Crippen LogP contribution in [0, 0.1) is 0 Å². The van der Waals surface area contributed by atoms with Gasteiger partial charge in [-0.15, -0.1) is 0 Å². The molecule has 0 amide bonds. The predicted octanol–water partition coefficient (Wildman–Crippen LogP) is 3.29. The Morgan fingerprint density at radius 1 is 1.15 bits per heavy atom. The summed E-state index contributed by atoms with van der Waals surface area (Å²) in [4.78, 5) is 11.3. The maximum atomic E-state index is 11.3. The fourth-order valence-corrected chi connectivity index (χ4v) is 2.00.